The zero-order chi connectivity index (χ0) is 13.8. The molecule has 2 N–H and O–H groups in total. The molecule has 1 aromatic carbocycles. The molecule has 0 spiro atoms. The molecule has 4 heteroatoms. The van der Waals surface area contributed by atoms with E-state index in [4.69, 9.17) is 5.11 Å². The number of benzene rings is 1. The fraction of sp³-hybridized carbons (Fsp3) is 0.533. The average molecular weight is 263 g/mol. The Hall–Kier alpha value is -1.39. The van der Waals surface area contributed by atoms with Gasteiger partial charge in [-0.1, -0.05) is 31.2 Å². The first kappa shape index (κ1) is 14.0. The van der Waals surface area contributed by atoms with E-state index in [9.17, 15) is 9.90 Å². The molecule has 104 valence electrons. The maximum atomic E-state index is 10.6. The summed E-state index contributed by atoms with van der Waals surface area (Å²) in [4.78, 5) is 12.9. The molecule has 0 amide bonds. The van der Waals surface area contributed by atoms with Crippen LogP contribution in [0.4, 0.5) is 0 Å². The summed E-state index contributed by atoms with van der Waals surface area (Å²) < 4.78 is 0. The second-order valence-electron chi connectivity index (χ2n) is 5.46. The smallest absolute Gasteiger partial charge is 0.307 e. The maximum Gasteiger partial charge on any atom is 0.307 e. The van der Waals surface area contributed by atoms with Gasteiger partial charge in [-0.05, 0) is 23.5 Å². The molecule has 1 aromatic rings. The molecule has 0 aliphatic carbocycles. The van der Waals surface area contributed by atoms with Crippen molar-refractivity contribution in [1.82, 2.24) is 4.90 Å². The van der Waals surface area contributed by atoms with E-state index in [-0.39, 0.29) is 12.5 Å². The van der Waals surface area contributed by atoms with Crippen LogP contribution in [0.1, 0.15) is 24.5 Å². The van der Waals surface area contributed by atoms with Crippen molar-refractivity contribution in [1.29, 1.82) is 0 Å². The highest BCUT2D eigenvalue weighted by molar-refractivity contribution is 5.70. The number of carboxylic acids is 1. The highest BCUT2D eigenvalue weighted by Gasteiger charge is 2.23. The normalized spacial score (nSPS) is 24.3. The summed E-state index contributed by atoms with van der Waals surface area (Å²) in [6.45, 7) is 4.78. The van der Waals surface area contributed by atoms with Gasteiger partial charge in [0.2, 0.25) is 0 Å². The average Bonchev–Trinajstić information content (AvgIpc) is 2.36. The van der Waals surface area contributed by atoms with E-state index in [1.807, 2.05) is 24.3 Å². The van der Waals surface area contributed by atoms with Crippen LogP contribution >= 0.6 is 0 Å². The highest BCUT2D eigenvalue weighted by Crippen LogP contribution is 2.18. The Labute approximate surface area is 113 Å². The summed E-state index contributed by atoms with van der Waals surface area (Å²) in [6, 6.07) is 7.75. The van der Waals surface area contributed by atoms with Gasteiger partial charge < -0.3 is 10.2 Å². The molecule has 19 heavy (non-hydrogen) atoms. The van der Waals surface area contributed by atoms with Crippen LogP contribution in [0.15, 0.2) is 24.3 Å². The van der Waals surface area contributed by atoms with E-state index in [1.54, 1.807) is 0 Å². The number of aliphatic hydroxyl groups excluding tert-OH is 1. The van der Waals surface area contributed by atoms with Gasteiger partial charge in [0.25, 0.3) is 0 Å². The number of hydrogen-bond acceptors (Lipinski definition) is 3. The van der Waals surface area contributed by atoms with Crippen LogP contribution in [0, 0.1) is 5.92 Å². The third kappa shape index (κ3) is 4.04. The number of hydrogen-bond donors (Lipinski definition) is 2. The summed E-state index contributed by atoms with van der Waals surface area (Å²) >= 11 is 0. The summed E-state index contributed by atoms with van der Waals surface area (Å²) in [5.41, 5.74) is 2.02. The molecular formula is C15H21NO3. The number of likely N-dealkylation sites (tertiary alicyclic amines) is 1. The van der Waals surface area contributed by atoms with E-state index in [2.05, 4.69) is 11.8 Å². The Balaban J connectivity index is 1.91. The quantitative estimate of drug-likeness (QED) is 0.864. The van der Waals surface area contributed by atoms with Crippen molar-refractivity contribution in [3.05, 3.63) is 35.4 Å². The summed E-state index contributed by atoms with van der Waals surface area (Å²) in [5, 5.41) is 18.4. The molecule has 1 aliphatic rings. The second kappa shape index (κ2) is 6.17. The van der Waals surface area contributed by atoms with E-state index in [1.165, 1.54) is 5.56 Å². The highest BCUT2D eigenvalue weighted by atomic mass is 16.4. The Bertz CT molecular complexity index is 430. The molecule has 1 heterocycles. The molecule has 2 atom stereocenters. The van der Waals surface area contributed by atoms with E-state index < -0.39 is 5.97 Å². The molecule has 2 unspecified atom stereocenters. The van der Waals surface area contributed by atoms with Crippen molar-refractivity contribution >= 4 is 5.97 Å². The largest absolute Gasteiger partial charge is 0.481 e. The minimum absolute atomic E-state index is 0.0766. The SMILES string of the molecule is CC1CN(Cc2ccc(CC(=O)O)cc2)CCC1O. The van der Waals surface area contributed by atoms with Crippen molar-refractivity contribution in [3.63, 3.8) is 0 Å². The van der Waals surface area contributed by atoms with E-state index in [0.29, 0.717) is 5.92 Å². The first-order valence-corrected chi connectivity index (χ1v) is 6.74. The Morgan fingerprint density at radius 3 is 2.53 bits per heavy atom. The van der Waals surface area contributed by atoms with Crippen LogP contribution in [-0.4, -0.2) is 40.3 Å². The topological polar surface area (TPSA) is 60.8 Å². The van der Waals surface area contributed by atoms with Crippen LogP contribution in [-0.2, 0) is 17.8 Å². The summed E-state index contributed by atoms with van der Waals surface area (Å²) in [5.74, 6) is -0.480. The minimum Gasteiger partial charge on any atom is -0.481 e. The molecule has 2 rings (SSSR count). The van der Waals surface area contributed by atoms with Gasteiger partial charge in [-0.25, -0.2) is 0 Å². The monoisotopic (exact) mass is 263 g/mol. The number of aliphatic carboxylic acids is 1. The Morgan fingerprint density at radius 2 is 1.95 bits per heavy atom. The predicted octanol–water partition coefficient (Wildman–Crippen LogP) is 1.52. The van der Waals surface area contributed by atoms with Gasteiger partial charge >= 0.3 is 5.97 Å². The summed E-state index contributed by atoms with van der Waals surface area (Å²) in [6.07, 6.45) is 0.736. The van der Waals surface area contributed by atoms with Crippen molar-refractivity contribution in [2.24, 2.45) is 5.92 Å². The van der Waals surface area contributed by atoms with Gasteiger partial charge in [0.1, 0.15) is 0 Å². The molecule has 0 aromatic heterocycles. The molecule has 0 radical (unpaired) electrons. The van der Waals surface area contributed by atoms with Crippen molar-refractivity contribution in [3.8, 4) is 0 Å². The lowest BCUT2D eigenvalue weighted by Crippen LogP contribution is -2.41. The van der Waals surface area contributed by atoms with Crippen LogP contribution in [0.25, 0.3) is 0 Å². The van der Waals surface area contributed by atoms with Crippen molar-refractivity contribution in [2.75, 3.05) is 13.1 Å². The van der Waals surface area contributed by atoms with Gasteiger partial charge in [-0.3, -0.25) is 9.69 Å². The van der Waals surface area contributed by atoms with E-state index in [0.717, 1.165) is 31.6 Å². The molecule has 1 fully saturated rings. The number of carboxylic acid groups (broad SMARTS) is 1. The molecule has 0 saturated carbocycles. The molecule has 1 saturated heterocycles. The van der Waals surface area contributed by atoms with Gasteiger partial charge in [0.15, 0.2) is 0 Å². The van der Waals surface area contributed by atoms with Crippen LogP contribution in [0.2, 0.25) is 0 Å². The van der Waals surface area contributed by atoms with Crippen molar-refractivity contribution in [2.45, 2.75) is 32.4 Å². The fourth-order valence-electron chi connectivity index (χ4n) is 2.56. The molecule has 0 bridgehead atoms. The molecular weight excluding hydrogens is 242 g/mol. The van der Waals surface area contributed by atoms with Crippen molar-refractivity contribution < 1.29 is 15.0 Å². The zero-order valence-electron chi connectivity index (χ0n) is 11.2. The van der Waals surface area contributed by atoms with Crippen LogP contribution in [0.3, 0.4) is 0 Å². The fourth-order valence-corrected chi connectivity index (χ4v) is 2.56. The molecule has 1 aliphatic heterocycles. The minimum atomic E-state index is -0.799. The number of piperidine rings is 1. The van der Waals surface area contributed by atoms with Gasteiger partial charge in [-0.15, -0.1) is 0 Å². The number of nitrogens with zero attached hydrogens (tertiary/aromatic N) is 1. The predicted molar refractivity (Wildman–Crippen MR) is 72.8 cm³/mol. The maximum absolute atomic E-state index is 10.6. The third-order valence-electron chi connectivity index (χ3n) is 3.73. The number of carbonyl (C=O) groups is 1. The van der Waals surface area contributed by atoms with Gasteiger partial charge in [-0.2, -0.15) is 0 Å². The number of aliphatic hydroxyl groups is 1. The lowest BCUT2D eigenvalue weighted by molar-refractivity contribution is -0.136. The second-order valence-corrected chi connectivity index (χ2v) is 5.46. The first-order valence-electron chi connectivity index (χ1n) is 6.74. The standard InChI is InChI=1S/C15H21NO3/c1-11-9-16(7-6-14(11)17)10-13-4-2-12(3-5-13)8-15(18)19/h2-5,11,14,17H,6-10H2,1H3,(H,18,19). The zero-order valence-corrected chi connectivity index (χ0v) is 11.2. The van der Waals surface area contributed by atoms with E-state index >= 15 is 0 Å². The van der Waals surface area contributed by atoms with Crippen LogP contribution in [0.5, 0.6) is 0 Å². The Kier molecular flexibility index (Phi) is 4.56. The van der Waals surface area contributed by atoms with Gasteiger partial charge in [0, 0.05) is 19.6 Å². The number of rotatable bonds is 4. The Morgan fingerprint density at radius 1 is 1.32 bits per heavy atom. The molecule has 4 nitrogen and oxygen atoms in total. The van der Waals surface area contributed by atoms with Gasteiger partial charge in [0.05, 0.1) is 12.5 Å². The lowest BCUT2D eigenvalue weighted by atomic mass is 9.96. The lowest BCUT2D eigenvalue weighted by Gasteiger charge is -2.34. The first-order chi connectivity index (χ1) is 9.04. The summed E-state index contributed by atoms with van der Waals surface area (Å²) in [7, 11) is 0. The third-order valence-corrected chi connectivity index (χ3v) is 3.73. The van der Waals surface area contributed by atoms with Crippen LogP contribution < -0.4 is 0 Å².